The van der Waals surface area contributed by atoms with Crippen LogP contribution in [0.4, 0.5) is 0 Å². The van der Waals surface area contributed by atoms with E-state index in [-0.39, 0.29) is 18.5 Å². The van der Waals surface area contributed by atoms with Crippen LogP contribution in [0.1, 0.15) is 45.4 Å². The van der Waals surface area contributed by atoms with Crippen molar-refractivity contribution in [3.8, 4) is 0 Å². The first-order valence-corrected chi connectivity index (χ1v) is 10.2. The van der Waals surface area contributed by atoms with E-state index in [1.54, 1.807) is 54.7 Å². The maximum Gasteiger partial charge on any atom is 0.331 e. The summed E-state index contributed by atoms with van der Waals surface area (Å²) in [5, 5.41) is 29.8. The van der Waals surface area contributed by atoms with Gasteiger partial charge in [0.1, 0.15) is 0 Å². The van der Waals surface area contributed by atoms with E-state index in [0.29, 0.717) is 12.8 Å². The minimum absolute atomic E-state index is 0.158. The zero-order valence-electron chi connectivity index (χ0n) is 17.1. The second kappa shape index (κ2) is 15.7. The molecule has 3 N–H and O–H groups in total. The Hall–Kier alpha value is -2.21. The number of rotatable bonds is 0. The number of hydrogen-bond donors (Lipinski definition) is 3. The van der Waals surface area contributed by atoms with E-state index in [1.807, 2.05) is 19.1 Å². The first kappa shape index (κ1) is 24.8. The molecule has 0 bridgehead atoms. The van der Waals surface area contributed by atoms with Crippen molar-refractivity contribution in [2.45, 2.75) is 69.9 Å². The van der Waals surface area contributed by atoms with Crippen molar-refractivity contribution in [3.63, 3.8) is 0 Å². The fraction of sp³-hybridized carbons (Fsp3) is 0.458. The van der Waals surface area contributed by atoms with Gasteiger partial charge in [0.25, 0.3) is 0 Å². The van der Waals surface area contributed by atoms with E-state index in [1.165, 1.54) is 6.08 Å². The van der Waals surface area contributed by atoms with Gasteiger partial charge in [0.2, 0.25) is 0 Å². The third kappa shape index (κ3) is 14.4. The maximum atomic E-state index is 11.7. The Labute approximate surface area is 174 Å². The first-order chi connectivity index (χ1) is 14.0. The summed E-state index contributed by atoms with van der Waals surface area (Å²) in [5.41, 5.74) is 0. The molecule has 0 aliphatic carbocycles. The summed E-state index contributed by atoms with van der Waals surface area (Å²) in [5.74, 6) is -0.378. The lowest BCUT2D eigenvalue weighted by molar-refractivity contribution is -0.142. The van der Waals surface area contributed by atoms with Gasteiger partial charge in [0, 0.05) is 12.5 Å². The van der Waals surface area contributed by atoms with E-state index in [2.05, 4.69) is 0 Å². The number of carbonyl (C=O) groups excluding carboxylic acids is 1. The van der Waals surface area contributed by atoms with Gasteiger partial charge >= 0.3 is 5.97 Å². The largest absolute Gasteiger partial charge is 0.460 e. The second-order valence-corrected chi connectivity index (χ2v) is 7.09. The average Bonchev–Trinajstić information content (AvgIpc) is 2.65. The summed E-state index contributed by atoms with van der Waals surface area (Å²) in [6.07, 6.45) is 22.2. The van der Waals surface area contributed by atoms with Gasteiger partial charge in [-0.05, 0) is 39.0 Å². The number of esters is 1. The van der Waals surface area contributed by atoms with Gasteiger partial charge in [-0.3, -0.25) is 0 Å². The van der Waals surface area contributed by atoms with E-state index in [0.717, 1.165) is 19.3 Å². The van der Waals surface area contributed by atoms with Crippen LogP contribution >= 0.6 is 0 Å². The van der Waals surface area contributed by atoms with Crippen LogP contribution < -0.4 is 0 Å². The quantitative estimate of drug-likeness (QED) is 0.538. The second-order valence-electron chi connectivity index (χ2n) is 7.09. The van der Waals surface area contributed by atoms with Crippen LogP contribution in [0.2, 0.25) is 0 Å². The molecule has 5 heteroatoms. The molecule has 0 radical (unpaired) electrons. The van der Waals surface area contributed by atoms with E-state index < -0.39 is 18.3 Å². The topological polar surface area (TPSA) is 87.0 Å². The number of cyclic esters (lactones) is 1. The molecule has 0 spiro atoms. The van der Waals surface area contributed by atoms with Gasteiger partial charge in [-0.2, -0.15) is 0 Å². The van der Waals surface area contributed by atoms with Crippen LogP contribution in [-0.2, 0) is 9.53 Å². The lowest BCUT2D eigenvalue weighted by Crippen LogP contribution is -2.14. The molecule has 1 heterocycles. The SMILES string of the molecule is C[C@@H]1CCCC=CC=C[C@H](O)C[C@@H](O)CC=CC=C[C@@H](O)CC=CC=CC(=O)O1. The summed E-state index contributed by atoms with van der Waals surface area (Å²) in [6.45, 7) is 1.87. The third-order valence-corrected chi connectivity index (χ3v) is 4.24. The van der Waals surface area contributed by atoms with Crippen molar-refractivity contribution in [2.24, 2.45) is 0 Å². The van der Waals surface area contributed by atoms with E-state index in [4.69, 9.17) is 4.74 Å². The van der Waals surface area contributed by atoms with Gasteiger partial charge in [0.15, 0.2) is 0 Å². The van der Waals surface area contributed by atoms with Crippen LogP contribution in [0.25, 0.3) is 0 Å². The number of aliphatic hydroxyl groups is 3. The Kier molecular flexibility index (Phi) is 13.4. The smallest absolute Gasteiger partial charge is 0.331 e. The highest BCUT2D eigenvalue weighted by Gasteiger charge is 2.07. The molecular formula is C24H34O5. The summed E-state index contributed by atoms with van der Waals surface area (Å²) >= 11 is 0. The summed E-state index contributed by atoms with van der Waals surface area (Å²) < 4.78 is 5.31. The zero-order valence-corrected chi connectivity index (χ0v) is 17.1. The molecule has 1 aliphatic rings. The van der Waals surface area contributed by atoms with Crippen LogP contribution in [0, 0.1) is 0 Å². The monoisotopic (exact) mass is 402 g/mol. The molecule has 5 nitrogen and oxygen atoms in total. The highest BCUT2D eigenvalue weighted by atomic mass is 16.5. The molecule has 1 rings (SSSR count). The van der Waals surface area contributed by atoms with Gasteiger partial charge in [-0.15, -0.1) is 0 Å². The predicted molar refractivity (Wildman–Crippen MR) is 116 cm³/mol. The molecule has 0 aromatic heterocycles. The molecule has 160 valence electrons. The first-order valence-electron chi connectivity index (χ1n) is 10.2. The van der Waals surface area contributed by atoms with Crippen molar-refractivity contribution < 1.29 is 24.9 Å². The fourth-order valence-electron chi connectivity index (χ4n) is 2.66. The molecule has 0 aromatic carbocycles. The van der Waals surface area contributed by atoms with Crippen molar-refractivity contribution >= 4 is 5.97 Å². The third-order valence-electron chi connectivity index (χ3n) is 4.24. The molecule has 29 heavy (non-hydrogen) atoms. The highest BCUT2D eigenvalue weighted by Crippen LogP contribution is 2.08. The lowest BCUT2D eigenvalue weighted by Gasteiger charge is -2.10. The Bertz CT molecular complexity index is 627. The molecule has 0 amide bonds. The van der Waals surface area contributed by atoms with Gasteiger partial charge in [-0.1, -0.05) is 66.8 Å². The molecule has 0 saturated heterocycles. The number of ether oxygens (including phenoxy) is 1. The number of aliphatic hydroxyl groups excluding tert-OH is 3. The summed E-state index contributed by atoms with van der Waals surface area (Å²) in [6, 6.07) is 0. The fourth-order valence-corrected chi connectivity index (χ4v) is 2.66. The normalized spacial score (nSPS) is 28.8. The zero-order chi connectivity index (χ0) is 21.3. The molecule has 0 aromatic rings. The minimum atomic E-state index is -0.703. The Balaban J connectivity index is 2.66. The van der Waals surface area contributed by atoms with Gasteiger partial charge < -0.3 is 20.1 Å². The Morgan fingerprint density at radius 2 is 1.52 bits per heavy atom. The number of carbonyl (C=O) groups is 1. The molecule has 0 unspecified atom stereocenters. The van der Waals surface area contributed by atoms with E-state index in [9.17, 15) is 20.1 Å². The van der Waals surface area contributed by atoms with Crippen molar-refractivity contribution in [3.05, 3.63) is 72.9 Å². The highest BCUT2D eigenvalue weighted by molar-refractivity contribution is 5.82. The predicted octanol–water partition coefficient (Wildman–Crippen LogP) is 3.69. The molecule has 1 aliphatic heterocycles. The Morgan fingerprint density at radius 1 is 0.862 bits per heavy atom. The maximum absolute atomic E-state index is 11.7. The van der Waals surface area contributed by atoms with Gasteiger partial charge in [0.05, 0.1) is 24.4 Å². The van der Waals surface area contributed by atoms with Gasteiger partial charge in [-0.25, -0.2) is 4.79 Å². The van der Waals surface area contributed by atoms with Crippen LogP contribution in [0.15, 0.2) is 72.9 Å². The number of hydrogen-bond acceptors (Lipinski definition) is 5. The summed E-state index contributed by atoms with van der Waals surface area (Å²) in [7, 11) is 0. The standard InChI is InChI=1S/C24H34O5/c1-20-13-7-3-2-4-8-16-22(26)19-23(27)17-11-5-9-14-21(25)15-10-6-12-18-24(28)29-20/h2,4-6,8-12,14,16,18,20-23,25-27H,3,7,13,15,17,19H2,1H3/t20-,21-,22+,23+/m1/s1. The van der Waals surface area contributed by atoms with Crippen LogP contribution in [-0.4, -0.2) is 45.7 Å². The summed E-state index contributed by atoms with van der Waals surface area (Å²) in [4.78, 5) is 11.7. The van der Waals surface area contributed by atoms with Crippen LogP contribution in [0.5, 0.6) is 0 Å². The molecule has 0 saturated carbocycles. The number of allylic oxidation sites excluding steroid dienone is 7. The molecular weight excluding hydrogens is 368 g/mol. The van der Waals surface area contributed by atoms with E-state index >= 15 is 0 Å². The Morgan fingerprint density at radius 3 is 2.31 bits per heavy atom. The molecule has 0 fully saturated rings. The van der Waals surface area contributed by atoms with Crippen molar-refractivity contribution in [1.29, 1.82) is 0 Å². The van der Waals surface area contributed by atoms with Crippen molar-refractivity contribution in [1.82, 2.24) is 0 Å². The lowest BCUT2D eigenvalue weighted by atomic mass is 10.1. The van der Waals surface area contributed by atoms with Crippen molar-refractivity contribution in [2.75, 3.05) is 0 Å². The minimum Gasteiger partial charge on any atom is -0.460 e. The van der Waals surface area contributed by atoms with Crippen LogP contribution in [0.3, 0.4) is 0 Å². The molecule has 4 atom stereocenters. The average molecular weight is 403 g/mol.